The number of halogens is 3. The predicted octanol–water partition coefficient (Wildman–Crippen LogP) is 3.43. The zero-order valence-electron chi connectivity index (χ0n) is 14.7. The Morgan fingerprint density at radius 1 is 1.29 bits per heavy atom. The Bertz CT molecular complexity index is 1010. The Kier molecular flexibility index (Phi) is 5.87. The predicted molar refractivity (Wildman–Crippen MR) is 98.8 cm³/mol. The van der Waals surface area contributed by atoms with Gasteiger partial charge in [-0.1, -0.05) is 17.7 Å². The molecule has 0 radical (unpaired) electrons. The van der Waals surface area contributed by atoms with Crippen LogP contribution in [0, 0.1) is 11.6 Å². The summed E-state index contributed by atoms with van der Waals surface area (Å²) in [5.74, 6) is -3.26. The van der Waals surface area contributed by atoms with Gasteiger partial charge in [0.1, 0.15) is 28.3 Å². The van der Waals surface area contributed by atoms with Crippen molar-refractivity contribution < 1.29 is 31.5 Å². The topological polar surface area (TPSA) is 81.7 Å². The number of nitrogens with one attached hydrogen (secondary N) is 1. The molecule has 1 aliphatic rings. The SMILES string of the molecule is CC(C(=O)Nc1c(F)cccc1F)S(=O)(=O)Cc1cc(Cl)cc2c1OCOC2. The summed E-state index contributed by atoms with van der Waals surface area (Å²) in [5.41, 5.74) is 0.173. The quantitative estimate of drug-likeness (QED) is 0.784. The van der Waals surface area contributed by atoms with Gasteiger partial charge in [-0.2, -0.15) is 0 Å². The third-order valence-corrected chi connectivity index (χ3v) is 6.45. The van der Waals surface area contributed by atoms with E-state index in [1.165, 1.54) is 6.07 Å². The lowest BCUT2D eigenvalue weighted by Gasteiger charge is -2.22. The lowest BCUT2D eigenvalue weighted by Crippen LogP contribution is -2.34. The van der Waals surface area contributed by atoms with Gasteiger partial charge < -0.3 is 14.8 Å². The highest BCUT2D eigenvalue weighted by atomic mass is 35.5. The number of amides is 1. The van der Waals surface area contributed by atoms with E-state index in [1.807, 2.05) is 5.32 Å². The first-order valence-corrected chi connectivity index (χ1v) is 10.3. The second-order valence-electron chi connectivity index (χ2n) is 6.20. The number of rotatable bonds is 5. The summed E-state index contributed by atoms with van der Waals surface area (Å²) in [6, 6.07) is 6.07. The molecular formula is C18H16ClF2NO5S. The van der Waals surface area contributed by atoms with E-state index in [2.05, 4.69) is 0 Å². The van der Waals surface area contributed by atoms with Crippen LogP contribution in [0.4, 0.5) is 14.5 Å². The van der Waals surface area contributed by atoms with Crippen LogP contribution in [0.5, 0.6) is 5.75 Å². The second-order valence-corrected chi connectivity index (χ2v) is 8.96. The molecule has 2 aromatic carbocycles. The monoisotopic (exact) mass is 431 g/mol. The van der Waals surface area contributed by atoms with Gasteiger partial charge >= 0.3 is 0 Å². The molecule has 6 nitrogen and oxygen atoms in total. The van der Waals surface area contributed by atoms with E-state index in [-0.39, 0.29) is 19.0 Å². The fraction of sp³-hybridized carbons (Fsp3) is 0.278. The molecule has 2 aromatic rings. The van der Waals surface area contributed by atoms with E-state index in [4.69, 9.17) is 21.1 Å². The molecule has 0 aliphatic carbocycles. The van der Waals surface area contributed by atoms with E-state index < -0.39 is 44.1 Å². The summed E-state index contributed by atoms with van der Waals surface area (Å²) >= 11 is 6.03. The standard InChI is InChI=1S/C18H16ClF2NO5S/c1-10(18(23)22-16-14(20)3-2-4-15(16)21)28(24,25)8-12-6-13(19)5-11-7-26-9-27-17(11)12/h2-6,10H,7-9H2,1H3,(H,22,23). The number of fused-ring (bicyclic) bond motifs is 1. The van der Waals surface area contributed by atoms with Gasteiger partial charge in [0, 0.05) is 16.1 Å². The number of hydrogen-bond donors (Lipinski definition) is 1. The van der Waals surface area contributed by atoms with Crippen molar-refractivity contribution in [2.45, 2.75) is 24.5 Å². The molecule has 28 heavy (non-hydrogen) atoms. The van der Waals surface area contributed by atoms with Crippen molar-refractivity contribution in [3.05, 3.63) is 58.1 Å². The third-order valence-electron chi connectivity index (χ3n) is 4.23. The Labute approximate surface area is 165 Å². The maximum Gasteiger partial charge on any atom is 0.242 e. The number of para-hydroxylation sites is 1. The van der Waals surface area contributed by atoms with E-state index in [9.17, 15) is 22.0 Å². The number of sulfone groups is 1. The van der Waals surface area contributed by atoms with Crippen LogP contribution in [0.3, 0.4) is 0 Å². The normalized spacial score (nSPS) is 14.7. The number of hydrogen-bond acceptors (Lipinski definition) is 5. The molecular weight excluding hydrogens is 416 g/mol. The first-order chi connectivity index (χ1) is 13.2. The van der Waals surface area contributed by atoms with E-state index in [0.29, 0.717) is 16.3 Å². The summed E-state index contributed by atoms with van der Waals surface area (Å²) < 4.78 is 63.4. The summed E-state index contributed by atoms with van der Waals surface area (Å²) in [6.45, 7) is 1.32. The molecule has 1 aliphatic heterocycles. The van der Waals surface area contributed by atoms with Crippen molar-refractivity contribution in [1.82, 2.24) is 0 Å². The number of ether oxygens (including phenoxy) is 2. The molecule has 10 heteroatoms. The highest BCUT2D eigenvalue weighted by Gasteiger charge is 2.31. The van der Waals surface area contributed by atoms with E-state index in [0.717, 1.165) is 25.1 Å². The van der Waals surface area contributed by atoms with Crippen LogP contribution in [0.1, 0.15) is 18.1 Å². The van der Waals surface area contributed by atoms with Gasteiger partial charge in [-0.25, -0.2) is 17.2 Å². The molecule has 3 rings (SSSR count). The van der Waals surface area contributed by atoms with E-state index in [1.54, 1.807) is 6.07 Å². The van der Waals surface area contributed by atoms with Gasteiger partial charge in [-0.15, -0.1) is 0 Å². The summed E-state index contributed by atoms with van der Waals surface area (Å²) in [6.07, 6.45) is 0. The smallest absolute Gasteiger partial charge is 0.242 e. The molecule has 1 atom stereocenters. The Hall–Kier alpha value is -2.23. The molecule has 1 amide bonds. The van der Waals surface area contributed by atoms with Gasteiger partial charge in [0.15, 0.2) is 16.6 Å². The highest BCUT2D eigenvalue weighted by Crippen LogP contribution is 2.33. The highest BCUT2D eigenvalue weighted by molar-refractivity contribution is 7.92. The van der Waals surface area contributed by atoms with Crippen molar-refractivity contribution >= 4 is 33.0 Å². The molecule has 0 bridgehead atoms. The number of benzene rings is 2. The van der Waals surface area contributed by atoms with Crippen molar-refractivity contribution in [3.8, 4) is 5.75 Å². The van der Waals surface area contributed by atoms with Crippen LogP contribution in [-0.2, 0) is 31.7 Å². The van der Waals surface area contributed by atoms with Crippen molar-refractivity contribution in [1.29, 1.82) is 0 Å². The summed E-state index contributed by atoms with van der Waals surface area (Å²) in [5, 5.41) is 0.725. The fourth-order valence-corrected chi connectivity index (χ4v) is 4.26. The van der Waals surface area contributed by atoms with Gasteiger partial charge in [0.05, 0.1) is 12.4 Å². The minimum Gasteiger partial charge on any atom is -0.467 e. The minimum atomic E-state index is -4.05. The average Bonchev–Trinajstić information content (AvgIpc) is 2.63. The molecule has 1 unspecified atom stereocenters. The fourth-order valence-electron chi connectivity index (χ4n) is 2.71. The third kappa shape index (κ3) is 4.26. The van der Waals surface area contributed by atoms with Crippen molar-refractivity contribution in [2.24, 2.45) is 0 Å². The number of anilines is 1. The van der Waals surface area contributed by atoms with Crippen molar-refractivity contribution in [3.63, 3.8) is 0 Å². The molecule has 0 fully saturated rings. The summed E-state index contributed by atoms with van der Waals surface area (Å²) in [7, 11) is -4.05. The van der Waals surface area contributed by atoms with Gasteiger partial charge in [0.25, 0.3) is 0 Å². The maximum atomic E-state index is 13.7. The largest absolute Gasteiger partial charge is 0.467 e. The van der Waals surface area contributed by atoms with Crippen molar-refractivity contribution in [2.75, 3.05) is 12.1 Å². The molecule has 0 saturated heterocycles. The Morgan fingerprint density at radius 3 is 2.64 bits per heavy atom. The summed E-state index contributed by atoms with van der Waals surface area (Å²) in [4.78, 5) is 12.3. The maximum absolute atomic E-state index is 13.7. The van der Waals surface area contributed by atoms with Gasteiger partial charge in [-0.05, 0) is 31.2 Å². The zero-order chi connectivity index (χ0) is 20.5. The first kappa shape index (κ1) is 20.5. The number of carbonyl (C=O) groups excluding carboxylic acids is 1. The Morgan fingerprint density at radius 2 is 1.96 bits per heavy atom. The lowest BCUT2D eigenvalue weighted by molar-refractivity contribution is -0.115. The molecule has 150 valence electrons. The number of carbonyl (C=O) groups is 1. The second kappa shape index (κ2) is 8.02. The minimum absolute atomic E-state index is 0.0374. The van der Waals surface area contributed by atoms with Crippen LogP contribution in [0.15, 0.2) is 30.3 Å². The van der Waals surface area contributed by atoms with Crippen LogP contribution in [0.25, 0.3) is 0 Å². The molecule has 1 N–H and O–H groups in total. The van der Waals surface area contributed by atoms with Crippen LogP contribution in [0.2, 0.25) is 5.02 Å². The van der Waals surface area contributed by atoms with Crippen LogP contribution >= 0.6 is 11.6 Å². The van der Waals surface area contributed by atoms with E-state index >= 15 is 0 Å². The zero-order valence-corrected chi connectivity index (χ0v) is 16.2. The molecule has 0 spiro atoms. The average molecular weight is 432 g/mol. The molecule has 1 heterocycles. The van der Waals surface area contributed by atoms with Gasteiger partial charge in [-0.3, -0.25) is 4.79 Å². The lowest BCUT2D eigenvalue weighted by atomic mass is 10.1. The Balaban J connectivity index is 1.83. The molecule has 0 saturated carbocycles. The first-order valence-electron chi connectivity index (χ1n) is 8.17. The van der Waals surface area contributed by atoms with Gasteiger partial charge in [0.2, 0.25) is 5.91 Å². The molecule has 0 aromatic heterocycles. The van der Waals surface area contributed by atoms with Crippen LogP contribution < -0.4 is 10.1 Å². The van der Waals surface area contributed by atoms with Crippen LogP contribution in [-0.4, -0.2) is 26.4 Å².